The van der Waals surface area contributed by atoms with Gasteiger partial charge in [0.1, 0.15) is 5.69 Å². The zero-order valence-electron chi connectivity index (χ0n) is 11.1. The zero-order valence-corrected chi connectivity index (χ0v) is 11.1. The topological polar surface area (TPSA) is 55.3 Å². The molecule has 0 radical (unpaired) electrons. The van der Waals surface area contributed by atoms with Crippen LogP contribution < -0.4 is 10.6 Å². The molecule has 0 aromatic carbocycles. The lowest BCUT2D eigenvalue weighted by atomic mass is 9.93. The number of morpholine rings is 1. The molecular formula is C14H21N3O2. The van der Waals surface area contributed by atoms with E-state index in [1.54, 1.807) is 0 Å². The molecule has 3 rings (SSSR count). The Balaban J connectivity index is 1.56. The highest BCUT2D eigenvalue weighted by Crippen LogP contribution is 2.32. The lowest BCUT2D eigenvalue weighted by Crippen LogP contribution is -2.48. The second kappa shape index (κ2) is 5.75. The minimum absolute atomic E-state index is 0.0178. The number of hydrogen-bond donors (Lipinski definition) is 2. The maximum atomic E-state index is 12.2. The van der Waals surface area contributed by atoms with Gasteiger partial charge in [-0.1, -0.05) is 0 Å². The SMILES string of the molecule is O=C(NCC1COCCN1)c1cccn1C1CCC1. The summed E-state index contributed by atoms with van der Waals surface area (Å²) in [7, 11) is 0. The van der Waals surface area contributed by atoms with Crippen molar-refractivity contribution in [3.05, 3.63) is 24.0 Å². The van der Waals surface area contributed by atoms with Gasteiger partial charge < -0.3 is 19.9 Å². The summed E-state index contributed by atoms with van der Waals surface area (Å²) in [5, 5.41) is 6.33. The fraction of sp³-hybridized carbons (Fsp3) is 0.643. The van der Waals surface area contributed by atoms with Crippen LogP contribution in [0.4, 0.5) is 0 Å². The summed E-state index contributed by atoms with van der Waals surface area (Å²) < 4.78 is 7.49. The molecule has 104 valence electrons. The van der Waals surface area contributed by atoms with Crippen LogP contribution in [0.3, 0.4) is 0 Å². The van der Waals surface area contributed by atoms with E-state index in [1.165, 1.54) is 19.3 Å². The average molecular weight is 263 g/mol. The second-order valence-corrected chi connectivity index (χ2v) is 5.32. The lowest BCUT2D eigenvalue weighted by molar-refractivity contribution is 0.0731. The van der Waals surface area contributed by atoms with Crippen LogP contribution >= 0.6 is 0 Å². The molecule has 1 aliphatic carbocycles. The first-order chi connectivity index (χ1) is 9.34. The summed E-state index contributed by atoms with van der Waals surface area (Å²) >= 11 is 0. The third-order valence-electron chi connectivity index (χ3n) is 3.99. The standard InChI is InChI=1S/C14H21N3O2/c18-14(16-9-11-10-19-8-6-15-11)13-5-2-7-17(13)12-3-1-4-12/h2,5,7,11-12,15H,1,3-4,6,8-10H2,(H,16,18). The molecular weight excluding hydrogens is 242 g/mol. The number of carbonyl (C=O) groups excluding carboxylic acids is 1. The average Bonchev–Trinajstić information content (AvgIpc) is 2.84. The molecule has 1 saturated heterocycles. The van der Waals surface area contributed by atoms with Crippen LogP contribution in [0, 0.1) is 0 Å². The van der Waals surface area contributed by atoms with Crippen molar-refractivity contribution in [1.82, 2.24) is 15.2 Å². The zero-order chi connectivity index (χ0) is 13.1. The van der Waals surface area contributed by atoms with Gasteiger partial charge >= 0.3 is 0 Å². The van der Waals surface area contributed by atoms with Gasteiger partial charge in [-0.05, 0) is 31.4 Å². The number of nitrogens with one attached hydrogen (secondary N) is 2. The van der Waals surface area contributed by atoms with E-state index in [0.717, 1.165) is 18.8 Å². The molecule has 2 fully saturated rings. The second-order valence-electron chi connectivity index (χ2n) is 5.32. The molecule has 19 heavy (non-hydrogen) atoms. The van der Waals surface area contributed by atoms with Gasteiger partial charge in [0.2, 0.25) is 0 Å². The van der Waals surface area contributed by atoms with Crippen LogP contribution in [0.25, 0.3) is 0 Å². The van der Waals surface area contributed by atoms with Gasteiger partial charge in [0.25, 0.3) is 5.91 Å². The van der Waals surface area contributed by atoms with Crippen molar-refractivity contribution in [3.63, 3.8) is 0 Å². The molecule has 5 nitrogen and oxygen atoms in total. The van der Waals surface area contributed by atoms with Crippen LogP contribution in [0.15, 0.2) is 18.3 Å². The smallest absolute Gasteiger partial charge is 0.267 e. The van der Waals surface area contributed by atoms with Crippen molar-refractivity contribution in [2.24, 2.45) is 0 Å². The predicted octanol–water partition coefficient (Wildman–Crippen LogP) is 0.931. The summed E-state index contributed by atoms with van der Waals surface area (Å²) in [4.78, 5) is 12.2. The van der Waals surface area contributed by atoms with E-state index in [1.807, 2.05) is 18.3 Å². The first-order valence-corrected chi connectivity index (χ1v) is 7.11. The van der Waals surface area contributed by atoms with Crippen LogP contribution in [0.2, 0.25) is 0 Å². The first-order valence-electron chi connectivity index (χ1n) is 7.11. The Kier molecular flexibility index (Phi) is 3.84. The van der Waals surface area contributed by atoms with Crippen molar-refractivity contribution < 1.29 is 9.53 Å². The van der Waals surface area contributed by atoms with Gasteiger partial charge in [0, 0.05) is 31.4 Å². The molecule has 0 bridgehead atoms. The van der Waals surface area contributed by atoms with E-state index in [0.29, 0.717) is 19.2 Å². The van der Waals surface area contributed by atoms with E-state index in [9.17, 15) is 4.79 Å². The normalized spacial score (nSPS) is 23.9. The third kappa shape index (κ3) is 2.82. The van der Waals surface area contributed by atoms with Crippen molar-refractivity contribution in [2.45, 2.75) is 31.3 Å². The Morgan fingerprint density at radius 2 is 2.42 bits per heavy atom. The Bertz CT molecular complexity index is 434. The number of carbonyl (C=O) groups is 1. The Morgan fingerprint density at radius 1 is 1.53 bits per heavy atom. The van der Waals surface area contributed by atoms with E-state index >= 15 is 0 Å². The fourth-order valence-electron chi connectivity index (χ4n) is 2.63. The third-order valence-corrected chi connectivity index (χ3v) is 3.99. The maximum absolute atomic E-state index is 12.2. The van der Waals surface area contributed by atoms with Crippen molar-refractivity contribution in [3.8, 4) is 0 Å². The first kappa shape index (κ1) is 12.7. The van der Waals surface area contributed by atoms with Gasteiger partial charge in [-0.2, -0.15) is 0 Å². The van der Waals surface area contributed by atoms with Crippen molar-refractivity contribution in [2.75, 3.05) is 26.3 Å². The number of nitrogens with zero attached hydrogens (tertiary/aromatic N) is 1. The Labute approximate surface area is 113 Å². The van der Waals surface area contributed by atoms with Gasteiger partial charge in [-0.15, -0.1) is 0 Å². The summed E-state index contributed by atoms with van der Waals surface area (Å²) in [5.74, 6) is 0.0178. The number of amides is 1. The minimum atomic E-state index is 0.0178. The molecule has 1 amide bonds. The van der Waals surface area contributed by atoms with Gasteiger partial charge in [-0.25, -0.2) is 0 Å². The van der Waals surface area contributed by atoms with Crippen LogP contribution in [0.5, 0.6) is 0 Å². The molecule has 2 N–H and O–H groups in total. The van der Waals surface area contributed by atoms with Crippen LogP contribution in [0.1, 0.15) is 35.8 Å². The largest absolute Gasteiger partial charge is 0.378 e. The molecule has 1 aromatic rings. The van der Waals surface area contributed by atoms with Gasteiger partial charge in [0.15, 0.2) is 0 Å². The molecule has 1 unspecified atom stereocenters. The van der Waals surface area contributed by atoms with Gasteiger partial charge in [0.05, 0.1) is 13.2 Å². The summed E-state index contributed by atoms with van der Waals surface area (Å²) in [5.41, 5.74) is 0.779. The van der Waals surface area contributed by atoms with Crippen LogP contribution in [-0.2, 0) is 4.74 Å². The molecule has 2 aliphatic rings. The Hall–Kier alpha value is -1.33. The molecule has 0 spiro atoms. The molecule has 1 saturated carbocycles. The highest BCUT2D eigenvalue weighted by Gasteiger charge is 2.23. The highest BCUT2D eigenvalue weighted by atomic mass is 16.5. The number of rotatable bonds is 4. The Morgan fingerprint density at radius 3 is 3.11 bits per heavy atom. The lowest BCUT2D eigenvalue weighted by Gasteiger charge is -2.29. The number of aromatic nitrogens is 1. The van der Waals surface area contributed by atoms with Crippen LogP contribution in [-0.4, -0.2) is 42.8 Å². The highest BCUT2D eigenvalue weighted by molar-refractivity contribution is 5.92. The van der Waals surface area contributed by atoms with Gasteiger partial charge in [-0.3, -0.25) is 4.79 Å². The van der Waals surface area contributed by atoms with Crippen molar-refractivity contribution in [1.29, 1.82) is 0 Å². The summed E-state index contributed by atoms with van der Waals surface area (Å²) in [6.45, 7) is 2.91. The molecule has 1 aliphatic heterocycles. The number of ether oxygens (including phenoxy) is 1. The molecule has 1 aromatic heterocycles. The predicted molar refractivity (Wildman–Crippen MR) is 72.3 cm³/mol. The van der Waals surface area contributed by atoms with E-state index < -0.39 is 0 Å². The summed E-state index contributed by atoms with van der Waals surface area (Å²) in [6.07, 6.45) is 5.66. The summed E-state index contributed by atoms with van der Waals surface area (Å²) in [6, 6.07) is 4.60. The monoisotopic (exact) mass is 263 g/mol. The van der Waals surface area contributed by atoms with Crippen molar-refractivity contribution >= 4 is 5.91 Å². The molecule has 5 heteroatoms. The van der Waals surface area contributed by atoms with E-state index in [4.69, 9.17) is 4.74 Å². The molecule has 2 heterocycles. The van der Waals surface area contributed by atoms with E-state index in [-0.39, 0.29) is 11.9 Å². The number of hydrogen-bond acceptors (Lipinski definition) is 3. The fourth-order valence-corrected chi connectivity index (χ4v) is 2.63. The maximum Gasteiger partial charge on any atom is 0.267 e. The quantitative estimate of drug-likeness (QED) is 0.850. The van der Waals surface area contributed by atoms with E-state index in [2.05, 4.69) is 15.2 Å². The minimum Gasteiger partial charge on any atom is -0.378 e. The molecule has 1 atom stereocenters.